The van der Waals surface area contributed by atoms with Gasteiger partial charge in [0.15, 0.2) is 0 Å². The molecule has 0 N–H and O–H groups in total. The van der Waals surface area contributed by atoms with Crippen molar-refractivity contribution in [2.24, 2.45) is 0 Å². The van der Waals surface area contributed by atoms with Gasteiger partial charge in [0.2, 0.25) is 10.0 Å². The molecule has 0 aliphatic carbocycles. The molecule has 1 aromatic rings. The lowest BCUT2D eigenvalue weighted by atomic mass is 10.1. The van der Waals surface area contributed by atoms with Gasteiger partial charge in [0.1, 0.15) is 0 Å². The molecule has 25 heavy (non-hydrogen) atoms. The molecular formula is C17H26N2O5S. The van der Waals surface area contributed by atoms with Crippen LogP contribution in [0.3, 0.4) is 0 Å². The number of hydrogen-bond acceptors (Lipinski definition) is 5. The summed E-state index contributed by atoms with van der Waals surface area (Å²) >= 11 is 0. The second-order valence-corrected chi connectivity index (χ2v) is 8.05. The number of nitrogens with zero attached hydrogens (tertiary/aromatic N) is 2. The Morgan fingerprint density at radius 1 is 1.16 bits per heavy atom. The van der Waals surface area contributed by atoms with E-state index < -0.39 is 10.0 Å². The molecule has 0 aliphatic heterocycles. The third-order valence-electron chi connectivity index (χ3n) is 4.05. The molecule has 0 fully saturated rings. The summed E-state index contributed by atoms with van der Waals surface area (Å²) in [5.74, 6) is -0.624. The molecule has 1 amide bonds. The van der Waals surface area contributed by atoms with Gasteiger partial charge >= 0.3 is 5.97 Å². The van der Waals surface area contributed by atoms with Crippen molar-refractivity contribution in [2.45, 2.75) is 37.6 Å². The van der Waals surface area contributed by atoms with Crippen LogP contribution in [0.2, 0.25) is 0 Å². The Bertz CT molecular complexity index is 698. The van der Waals surface area contributed by atoms with Gasteiger partial charge in [-0.1, -0.05) is 6.92 Å². The van der Waals surface area contributed by atoms with Gasteiger partial charge in [-0.15, -0.1) is 0 Å². The highest BCUT2D eigenvalue weighted by molar-refractivity contribution is 7.89. The molecule has 0 aliphatic rings. The van der Waals surface area contributed by atoms with E-state index in [9.17, 15) is 18.0 Å². The van der Waals surface area contributed by atoms with Crippen LogP contribution < -0.4 is 0 Å². The first-order chi connectivity index (χ1) is 11.6. The van der Waals surface area contributed by atoms with E-state index in [1.165, 1.54) is 45.5 Å². The average molecular weight is 370 g/mol. The second-order valence-electron chi connectivity index (χ2n) is 5.89. The fourth-order valence-electron chi connectivity index (χ4n) is 2.20. The minimum Gasteiger partial charge on any atom is -0.469 e. The summed E-state index contributed by atoms with van der Waals surface area (Å²) in [6.45, 7) is 4.11. The molecule has 0 saturated heterocycles. The van der Waals surface area contributed by atoms with Gasteiger partial charge in [0.25, 0.3) is 5.91 Å². The van der Waals surface area contributed by atoms with E-state index in [1.54, 1.807) is 4.90 Å². The highest BCUT2D eigenvalue weighted by atomic mass is 32.2. The van der Waals surface area contributed by atoms with Crippen LogP contribution in [0.25, 0.3) is 0 Å². The first kappa shape index (κ1) is 21.1. The highest BCUT2D eigenvalue weighted by Gasteiger charge is 2.23. The predicted octanol–water partition coefficient (Wildman–Crippen LogP) is 1.74. The number of carbonyl (C=O) groups is 2. The molecule has 1 aromatic carbocycles. The Morgan fingerprint density at radius 2 is 1.72 bits per heavy atom. The van der Waals surface area contributed by atoms with Crippen molar-refractivity contribution in [3.05, 3.63) is 29.8 Å². The van der Waals surface area contributed by atoms with Gasteiger partial charge in [-0.3, -0.25) is 9.59 Å². The Balaban J connectivity index is 3.03. The number of amides is 1. The Labute approximate surface area is 149 Å². The Morgan fingerprint density at radius 3 is 2.16 bits per heavy atom. The molecule has 0 heterocycles. The maximum absolute atomic E-state index is 12.8. The minimum absolute atomic E-state index is 0.0534. The summed E-state index contributed by atoms with van der Waals surface area (Å²) < 4.78 is 29.9. The van der Waals surface area contributed by atoms with Gasteiger partial charge in [0, 0.05) is 32.2 Å². The van der Waals surface area contributed by atoms with Gasteiger partial charge in [-0.05, 0) is 37.6 Å². The number of benzene rings is 1. The van der Waals surface area contributed by atoms with Crippen molar-refractivity contribution in [1.29, 1.82) is 0 Å². The van der Waals surface area contributed by atoms with Crippen LogP contribution in [-0.2, 0) is 19.6 Å². The fourth-order valence-corrected chi connectivity index (χ4v) is 3.10. The van der Waals surface area contributed by atoms with E-state index in [0.717, 1.165) is 10.7 Å². The van der Waals surface area contributed by atoms with Crippen LogP contribution in [0.5, 0.6) is 0 Å². The molecule has 1 rings (SSSR count). The largest absolute Gasteiger partial charge is 0.469 e. The Kier molecular flexibility index (Phi) is 7.57. The first-order valence-corrected chi connectivity index (χ1v) is 9.49. The van der Waals surface area contributed by atoms with Crippen molar-refractivity contribution in [1.82, 2.24) is 9.21 Å². The molecular weight excluding hydrogens is 344 g/mol. The van der Waals surface area contributed by atoms with Crippen molar-refractivity contribution >= 4 is 21.9 Å². The van der Waals surface area contributed by atoms with E-state index in [-0.39, 0.29) is 35.8 Å². The topological polar surface area (TPSA) is 84.0 Å². The maximum Gasteiger partial charge on any atom is 0.307 e. The second kappa shape index (κ2) is 8.96. The SMILES string of the molecule is CCC(C)N(CCC(=O)OC)C(=O)c1ccc(S(=O)(=O)N(C)C)cc1. The summed E-state index contributed by atoms with van der Waals surface area (Å²) in [6.07, 6.45) is 0.847. The van der Waals surface area contributed by atoms with E-state index in [4.69, 9.17) is 0 Å². The van der Waals surface area contributed by atoms with Crippen LogP contribution in [0.15, 0.2) is 29.2 Å². The lowest BCUT2D eigenvalue weighted by molar-refractivity contribution is -0.140. The summed E-state index contributed by atoms with van der Waals surface area (Å²) in [7, 11) is 0.670. The van der Waals surface area contributed by atoms with E-state index in [0.29, 0.717) is 5.56 Å². The fraction of sp³-hybridized carbons (Fsp3) is 0.529. The molecule has 0 spiro atoms. The van der Waals surface area contributed by atoms with Crippen molar-refractivity contribution in [3.8, 4) is 0 Å². The molecule has 0 radical (unpaired) electrons. The zero-order chi connectivity index (χ0) is 19.2. The third kappa shape index (κ3) is 5.27. The monoisotopic (exact) mass is 370 g/mol. The molecule has 0 saturated carbocycles. The number of carbonyl (C=O) groups excluding carboxylic acids is 2. The first-order valence-electron chi connectivity index (χ1n) is 8.05. The number of hydrogen-bond donors (Lipinski definition) is 0. The van der Waals surface area contributed by atoms with E-state index in [2.05, 4.69) is 4.74 Å². The summed E-state index contributed by atoms with van der Waals surface area (Å²) in [5, 5.41) is 0. The lowest BCUT2D eigenvalue weighted by Crippen LogP contribution is -2.39. The number of methoxy groups -OCH3 is 1. The summed E-state index contributed by atoms with van der Waals surface area (Å²) in [6, 6.07) is 5.76. The van der Waals surface area contributed by atoms with E-state index >= 15 is 0 Å². The van der Waals surface area contributed by atoms with Gasteiger partial charge < -0.3 is 9.64 Å². The minimum atomic E-state index is -3.54. The number of sulfonamides is 1. The molecule has 0 bridgehead atoms. The normalized spacial score (nSPS) is 12.7. The predicted molar refractivity (Wildman–Crippen MR) is 94.7 cm³/mol. The van der Waals surface area contributed by atoms with Crippen molar-refractivity contribution < 1.29 is 22.7 Å². The zero-order valence-electron chi connectivity index (χ0n) is 15.4. The quantitative estimate of drug-likeness (QED) is 0.651. The maximum atomic E-state index is 12.8. The molecule has 1 atom stereocenters. The standard InChI is InChI=1S/C17H26N2O5S/c1-6-13(2)19(12-11-16(20)24-5)17(21)14-7-9-15(10-8-14)25(22,23)18(3)4/h7-10,13H,6,11-12H2,1-5H3. The molecule has 140 valence electrons. The molecule has 1 unspecified atom stereocenters. The Hall–Kier alpha value is -1.93. The average Bonchev–Trinajstić information content (AvgIpc) is 2.60. The number of esters is 1. The van der Waals surface area contributed by atoms with Gasteiger partial charge in [-0.2, -0.15) is 0 Å². The number of rotatable bonds is 8. The number of ether oxygens (including phenoxy) is 1. The van der Waals surface area contributed by atoms with E-state index in [1.807, 2.05) is 13.8 Å². The molecule has 7 nitrogen and oxygen atoms in total. The summed E-state index contributed by atoms with van der Waals surface area (Å²) in [4.78, 5) is 25.9. The summed E-state index contributed by atoms with van der Waals surface area (Å²) in [5.41, 5.74) is 0.378. The van der Waals surface area contributed by atoms with Crippen molar-refractivity contribution in [2.75, 3.05) is 27.7 Å². The van der Waals surface area contributed by atoms with Crippen LogP contribution in [0, 0.1) is 0 Å². The zero-order valence-corrected chi connectivity index (χ0v) is 16.2. The highest BCUT2D eigenvalue weighted by Crippen LogP contribution is 2.17. The lowest BCUT2D eigenvalue weighted by Gasteiger charge is -2.28. The van der Waals surface area contributed by atoms with Crippen LogP contribution in [-0.4, -0.2) is 63.3 Å². The molecule has 8 heteroatoms. The van der Waals surface area contributed by atoms with Crippen LogP contribution in [0.4, 0.5) is 0 Å². The molecule has 0 aromatic heterocycles. The smallest absolute Gasteiger partial charge is 0.307 e. The third-order valence-corrected chi connectivity index (χ3v) is 5.88. The van der Waals surface area contributed by atoms with Crippen LogP contribution in [0.1, 0.15) is 37.0 Å². The van der Waals surface area contributed by atoms with Crippen LogP contribution >= 0.6 is 0 Å². The van der Waals surface area contributed by atoms with Gasteiger partial charge in [-0.25, -0.2) is 12.7 Å². The van der Waals surface area contributed by atoms with Gasteiger partial charge in [0.05, 0.1) is 18.4 Å². The van der Waals surface area contributed by atoms with Crippen molar-refractivity contribution in [3.63, 3.8) is 0 Å².